The van der Waals surface area contributed by atoms with Gasteiger partial charge in [0.05, 0.1) is 19.8 Å². The predicted octanol–water partition coefficient (Wildman–Crippen LogP) is 2.35. The molecule has 1 heterocycles. The largest absolute Gasteiger partial charge is 0.497 e. The molecule has 1 atom stereocenters. The molecule has 0 aromatic heterocycles. The fraction of sp³-hybridized carbons (Fsp3) is 0.571. The van der Waals surface area contributed by atoms with Crippen LogP contribution in [-0.4, -0.2) is 26.3 Å². The van der Waals surface area contributed by atoms with E-state index in [-0.39, 0.29) is 0 Å². The van der Waals surface area contributed by atoms with Crippen LogP contribution in [0.15, 0.2) is 24.3 Å². The van der Waals surface area contributed by atoms with Crippen molar-refractivity contribution in [1.29, 1.82) is 0 Å². The topological polar surface area (TPSA) is 30.5 Å². The van der Waals surface area contributed by atoms with Crippen LogP contribution < -0.4 is 10.1 Å². The molecule has 0 saturated carbocycles. The van der Waals surface area contributed by atoms with Gasteiger partial charge in [-0.1, -0.05) is 12.1 Å². The minimum Gasteiger partial charge on any atom is -0.497 e. The van der Waals surface area contributed by atoms with E-state index in [2.05, 4.69) is 17.4 Å². The van der Waals surface area contributed by atoms with Gasteiger partial charge in [0, 0.05) is 0 Å². The van der Waals surface area contributed by atoms with Gasteiger partial charge in [-0.05, 0) is 50.0 Å². The van der Waals surface area contributed by atoms with Crippen molar-refractivity contribution in [3.63, 3.8) is 0 Å². The average molecular weight is 235 g/mol. The number of nitrogens with one attached hydrogen (secondary N) is 1. The Morgan fingerprint density at radius 1 is 1.18 bits per heavy atom. The third-order valence-corrected chi connectivity index (χ3v) is 3.17. The smallest absolute Gasteiger partial charge is 0.118 e. The normalized spacial score (nSPS) is 20.9. The quantitative estimate of drug-likeness (QED) is 0.869. The molecule has 1 aliphatic rings. The fourth-order valence-corrected chi connectivity index (χ4v) is 2.09. The van der Waals surface area contributed by atoms with Gasteiger partial charge in [-0.25, -0.2) is 0 Å². The first-order chi connectivity index (χ1) is 8.38. The van der Waals surface area contributed by atoms with E-state index >= 15 is 0 Å². The van der Waals surface area contributed by atoms with Crippen LogP contribution in [0.5, 0.6) is 5.75 Å². The highest BCUT2D eigenvalue weighted by molar-refractivity contribution is 5.26. The number of methoxy groups -OCH3 is 1. The highest BCUT2D eigenvalue weighted by Gasteiger charge is 2.11. The Labute approximate surface area is 103 Å². The maximum atomic E-state index is 5.94. The molecule has 3 heteroatoms. The van der Waals surface area contributed by atoms with E-state index in [1.165, 1.54) is 18.4 Å². The Morgan fingerprint density at radius 3 is 2.76 bits per heavy atom. The molecule has 0 bridgehead atoms. The molecule has 1 aromatic rings. The van der Waals surface area contributed by atoms with Crippen LogP contribution in [0.4, 0.5) is 0 Å². The molecule has 1 unspecified atom stereocenters. The lowest BCUT2D eigenvalue weighted by molar-refractivity contribution is 0.0331. The van der Waals surface area contributed by atoms with Gasteiger partial charge in [0.1, 0.15) is 5.75 Å². The van der Waals surface area contributed by atoms with E-state index in [9.17, 15) is 0 Å². The lowest BCUT2D eigenvalue weighted by atomic mass is 10.1. The van der Waals surface area contributed by atoms with Crippen LogP contribution in [-0.2, 0) is 11.3 Å². The highest BCUT2D eigenvalue weighted by Crippen LogP contribution is 2.15. The van der Waals surface area contributed by atoms with Crippen molar-refractivity contribution < 1.29 is 9.47 Å². The molecule has 1 aromatic carbocycles. The van der Waals surface area contributed by atoms with E-state index in [1.54, 1.807) is 7.11 Å². The second kappa shape index (κ2) is 6.62. The summed E-state index contributed by atoms with van der Waals surface area (Å²) >= 11 is 0. The molecule has 94 valence electrons. The number of hydrogen-bond acceptors (Lipinski definition) is 3. The first kappa shape index (κ1) is 12.4. The van der Waals surface area contributed by atoms with Gasteiger partial charge in [-0.15, -0.1) is 0 Å². The number of hydrogen-bond donors (Lipinski definition) is 1. The second-order valence-electron chi connectivity index (χ2n) is 4.46. The Bertz CT molecular complexity index is 315. The van der Waals surface area contributed by atoms with E-state index in [0.29, 0.717) is 12.7 Å². The minimum absolute atomic E-state index is 0.409. The lowest BCUT2D eigenvalue weighted by Crippen LogP contribution is -2.17. The van der Waals surface area contributed by atoms with Gasteiger partial charge >= 0.3 is 0 Å². The lowest BCUT2D eigenvalue weighted by Gasteiger charge is -2.15. The third-order valence-electron chi connectivity index (χ3n) is 3.17. The Morgan fingerprint density at radius 2 is 2.00 bits per heavy atom. The molecule has 2 rings (SSSR count). The molecular weight excluding hydrogens is 214 g/mol. The molecule has 0 aliphatic carbocycles. The number of benzene rings is 1. The average Bonchev–Trinajstić information content (AvgIpc) is 2.65. The summed E-state index contributed by atoms with van der Waals surface area (Å²) in [6.45, 7) is 2.91. The Kier molecular flexibility index (Phi) is 4.83. The molecule has 0 amide bonds. The van der Waals surface area contributed by atoms with Crippen molar-refractivity contribution >= 4 is 0 Å². The van der Waals surface area contributed by atoms with Crippen LogP contribution in [0.1, 0.15) is 24.8 Å². The Hall–Kier alpha value is -1.06. The third kappa shape index (κ3) is 4.02. The molecule has 3 nitrogen and oxygen atoms in total. The summed E-state index contributed by atoms with van der Waals surface area (Å²) in [5.74, 6) is 0.896. The van der Waals surface area contributed by atoms with E-state index < -0.39 is 0 Å². The highest BCUT2D eigenvalue weighted by atomic mass is 16.5. The van der Waals surface area contributed by atoms with Gasteiger partial charge in [-0.3, -0.25) is 0 Å². The van der Waals surface area contributed by atoms with Crippen LogP contribution in [0.25, 0.3) is 0 Å². The molecule has 17 heavy (non-hydrogen) atoms. The van der Waals surface area contributed by atoms with E-state index in [4.69, 9.17) is 9.47 Å². The zero-order chi connectivity index (χ0) is 11.9. The van der Waals surface area contributed by atoms with Crippen molar-refractivity contribution in [1.82, 2.24) is 5.32 Å². The zero-order valence-corrected chi connectivity index (χ0v) is 10.4. The first-order valence-corrected chi connectivity index (χ1v) is 6.34. The maximum Gasteiger partial charge on any atom is 0.118 e. The van der Waals surface area contributed by atoms with Crippen molar-refractivity contribution in [2.45, 2.75) is 32.0 Å². The molecule has 0 spiro atoms. The molecular formula is C14H21NO2. The maximum absolute atomic E-state index is 5.94. The van der Waals surface area contributed by atoms with Crippen molar-refractivity contribution in [2.24, 2.45) is 0 Å². The van der Waals surface area contributed by atoms with Crippen LogP contribution in [0.2, 0.25) is 0 Å². The summed E-state index contributed by atoms with van der Waals surface area (Å²) in [7, 11) is 1.68. The SMILES string of the molecule is COc1ccc(COC2CCCNCC2)cc1. The summed E-state index contributed by atoms with van der Waals surface area (Å²) in [5.41, 5.74) is 1.21. The zero-order valence-electron chi connectivity index (χ0n) is 10.4. The second-order valence-corrected chi connectivity index (χ2v) is 4.46. The molecule has 1 aliphatic heterocycles. The molecule has 1 fully saturated rings. The minimum atomic E-state index is 0.409. The van der Waals surface area contributed by atoms with E-state index in [0.717, 1.165) is 25.3 Å². The molecule has 0 radical (unpaired) electrons. The Balaban J connectivity index is 1.79. The monoisotopic (exact) mass is 235 g/mol. The standard InChI is InChI=1S/C14H21NO2/c1-16-13-6-4-12(5-7-13)11-17-14-3-2-9-15-10-8-14/h4-7,14-15H,2-3,8-11H2,1H3. The first-order valence-electron chi connectivity index (χ1n) is 6.34. The molecule has 1 saturated heterocycles. The van der Waals surface area contributed by atoms with Crippen LogP contribution in [0, 0.1) is 0 Å². The van der Waals surface area contributed by atoms with Gasteiger partial charge in [-0.2, -0.15) is 0 Å². The molecule has 1 N–H and O–H groups in total. The van der Waals surface area contributed by atoms with Gasteiger partial charge in [0.25, 0.3) is 0 Å². The van der Waals surface area contributed by atoms with Crippen molar-refractivity contribution in [3.05, 3.63) is 29.8 Å². The van der Waals surface area contributed by atoms with Gasteiger partial charge in [0.2, 0.25) is 0 Å². The summed E-state index contributed by atoms with van der Waals surface area (Å²) in [4.78, 5) is 0. The number of ether oxygens (including phenoxy) is 2. The van der Waals surface area contributed by atoms with Gasteiger partial charge < -0.3 is 14.8 Å². The number of rotatable bonds is 4. The summed E-state index contributed by atoms with van der Waals surface area (Å²) in [5, 5.41) is 3.39. The van der Waals surface area contributed by atoms with Crippen LogP contribution >= 0.6 is 0 Å². The van der Waals surface area contributed by atoms with Crippen molar-refractivity contribution in [3.8, 4) is 5.75 Å². The van der Waals surface area contributed by atoms with E-state index in [1.807, 2.05) is 12.1 Å². The summed E-state index contributed by atoms with van der Waals surface area (Å²) < 4.78 is 11.1. The van der Waals surface area contributed by atoms with Crippen LogP contribution in [0.3, 0.4) is 0 Å². The fourth-order valence-electron chi connectivity index (χ4n) is 2.09. The van der Waals surface area contributed by atoms with Crippen molar-refractivity contribution in [2.75, 3.05) is 20.2 Å². The van der Waals surface area contributed by atoms with Gasteiger partial charge in [0.15, 0.2) is 0 Å². The predicted molar refractivity (Wildman–Crippen MR) is 68.3 cm³/mol. The summed E-state index contributed by atoms with van der Waals surface area (Å²) in [6.07, 6.45) is 3.92. The summed E-state index contributed by atoms with van der Waals surface area (Å²) in [6, 6.07) is 8.09.